The first-order valence-corrected chi connectivity index (χ1v) is 4.16. The zero-order valence-electron chi connectivity index (χ0n) is 7.39. The van der Waals surface area contributed by atoms with Gasteiger partial charge in [0.1, 0.15) is 5.82 Å². The Morgan fingerprint density at radius 3 is 2.64 bits per heavy atom. The van der Waals surface area contributed by atoms with Crippen LogP contribution in [0.5, 0.6) is 0 Å². The van der Waals surface area contributed by atoms with Crippen LogP contribution < -0.4 is 5.73 Å². The van der Waals surface area contributed by atoms with Crippen LogP contribution in [-0.2, 0) is 6.54 Å². The molecular formula is C9H9FN4. The molecule has 0 aliphatic carbocycles. The maximum Gasteiger partial charge on any atom is 0.123 e. The summed E-state index contributed by atoms with van der Waals surface area (Å²) in [5, 5.41) is 7.90. The molecule has 0 amide bonds. The van der Waals surface area contributed by atoms with Crippen molar-refractivity contribution < 1.29 is 4.39 Å². The van der Waals surface area contributed by atoms with Gasteiger partial charge in [0.05, 0.1) is 18.1 Å². The van der Waals surface area contributed by atoms with Crippen LogP contribution in [0.3, 0.4) is 0 Å². The average Bonchev–Trinajstić information content (AvgIpc) is 2.70. The van der Waals surface area contributed by atoms with E-state index in [-0.39, 0.29) is 12.4 Å². The normalized spacial score (nSPS) is 10.4. The fourth-order valence-electron chi connectivity index (χ4n) is 1.25. The molecule has 0 saturated carbocycles. The van der Waals surface area contributed by atoms with E-state index in [2.05, 4.69) is 10.2 Å². The van der Waals surface area contributed by atoms with Crippen LogP contribution >= 0.6 is 0 Å². The third kappa shape index (κ3) is 1.49. The molecule has 0 bridgehead atoms. The van der Waals surface area contributed by atoms with Crippen molar-refractivity contribution in [2.75, 3.05) is 0 Å². The van der Waals surface area contributed by atoms with Crippen LogP contribution in [0.15, 0.2) is 30.6 Å². The van der Waals surface area contributed by atoms with E-state index in [1.807, 2.05) is 0 Å². The Balaban J connectivity index is 2.53. The van der Waals surface area contributed by atoms with Gasteiger partial charge < -0.3 is 5.73 Å². The third-order valence-corrected chi connectivity index (χ3v) is 1.90. The summed E-state index contributed by atoms with van der Waals surface area (Å²) in [6.45, 7) is 0.259. The van der Waals surface area contributed by atoms with E-state index in [9.17, 15) is 4.39 Å². The highest BCUT2D eigenvalue weighted by molar-refractivity contribution is 5.39. The Morgan fingerprint density at radius 1 is 1.29 bits per heavy atom. The number of nitrogens with zero attached hydrogens (tertiary/aromatic N) is 3. The van der Waals surface area contributed by atoms with E-state index in [1.54, 1.807) is 18.5 Å². The van der Waals surface area contributed by atoms with Crippen molar-refractivity contribution in [2.24, 2.45) is 5.73 Å². The molecule has 2 N–H and O–H groups in total. The van der Waals surface area contributed by atoms with Crippen LogP contribution in [0.25, 0.3) is 5.69 Å². The predicted octanol–water partition coefficient (Wildman–Crippen LogP) is 0.865. The molecule has 4 nitrogen and oxygen atoms in total. The largest absolute Gasteiger partial charge is 0.326 e. The Bertz CT molecular complexity index is 424. The first kappa shape index (κ1) is 8.83. The van der Waals surface area contributed by atoms with Gasteiger partial charge in [0.25, 0.3) is 0 Å². The van der Waals surface area contributed by atoms with Crippen LogP contribution in [0.4, 0.5) is 4.39 Å². The summed E-state index contributed by atoms with van der Waals surface area (Å²) >= 11 is 0. The minimum atomic E-state index is -0.304. The summed E-state index contributed by atoms with van der Waals surface area (Å²) in [5.74, 6) is -0.304. The van der Waals surface area contributed by atoms with E-state index < -0.39 is 0 Å². The van der Waals surface area contributed by atoms with Gasteiger partial charge in [0.15, 0.2) is 0 Å². The van der Waals surface area contributed by atoms with Crippen molar-refractivity contribution in [1.82, 2.24) is 15.0 Å². The van der Waals surface area contributed by atoms with E-state index in [4.69, 9.17) is 5.73 Å². The molecule has 1 heterocycles. The number of benzene rings is 1. The van der Waals surface area contributed by atoms with Crippen LogP contribution in [0.2, 0.25) is 0 Å². The Morgan fingerprint density at radius 2 is 2.00 bits per heavy atom. The monoisotopic (exact) mass is 192 g/mol. The summed E-state index contributed by atoms with van der Waals surface area (Å²) in [4.78, 5) is 1.42. The molecule has 72 valence electrons. The molecule has 2 aromatic rings. The zero-order chi connectivity index (χ0) is 9.97. The molecule has 0 fully saturated rings. The number of rotatable bonds is 2. The lowest BCUT2D eigenvalue weighted by Gasteiger charge is -2.05. The standard InChI is InChI=1S/C9H9FN4/c10-8-1-2-9(7(5-8)6-11)14-12-3-4-13-14/h1-5H,6,11H2. The van der Waals surface area contributed by atoms with Crippen molar-refractivity contribution in [1.29, 1.82) is 0 Å². The van der Waals surface area contributed by atoms with E-state index in [0.717, 1.165) is 0 Å². The second-order valence-electron chi connectivity index (χ2n) is 2.80. The first-order valence-electron chi connectivity index (χ1n) is 4.16. The Kier molecular flexibility index (Phi) is 2.24. The van der Waals surface area contributed by atoms with Crippen LogP contribution in [0, 0.1) is 5.82 Å². The molecule has 2 rings (SSSR count). The zero-order valence-corrected chi connectivity index (χ0v) is 7.39. The molecule has 1 aromatic carbocycles. The van der Waals surface area contributed by atoms with E-state index >= 15 is 0 Å². The molecule has 0 unspecified atom stereocenters. The average molecular weight is 192 g/mol. The van der Waals surface area contributed by atoms with Gasteiger partial charge in [-0.25, -0.2) is 4.39 Å². The molecular weight excluding hydrogens is 183 g/mol. The number of aromatic nitrogens is 3. The van der Waals surface area contributed by atoms with Crippen LogP contribution in [0.1, 0.15) is 5.56 Å². The number of nitrogens with two attached hydrogens (primary N) is 1. The Hall–Kier alpha value is -1.75. The van der Waals surface area contributed by atoms with Crippen molar-refractivity contribution in [2.45, 2.75) is 6.54 Å². The summed E-state index contributed by atoms with van der Waals surface area (Å²) in [6.07, 6.45) is 3.12. The molecule has 14 heavy (non-hydrogen) atoms. The molecule has 0 spiro atoms. The molecule has 1 aromatic heterocycles. The molecule has 5 heteroatoms. The van der Waals surface area contributed by atoms with Gasteiger partial charge in [-0.2, -0.15) is 15.0 Å². The van der Waals surface area contributed by atoms with Gasteiger partial charge >= 0.3 is 0 Å². The minimum Gasteiger partial charge on any atom is -0.326 e. The van der Waals surface area contributed by atoms with Gasteiger partial charge in [0, 0.05) is 6.54 Å². The number of hydrogen-bond acceptors (Lipinski definition) is 3. The first-order chi connectivity index (χ1) is 6.81. The van der Waals surface area contributed by atoms with E-state index in [1.165, 1.54) is 16.9 Å². The Labute approximate surface area is 80.2 Å². The fraction of sp³-hybridized carbons (Fsp3) is 0.111. The van der Waals surface area contributed by atoms with Gasteiger partial charge in [0.2, 0.25) is 0 Å². The maximum atomic E-state index is 12.9. The predicted molar refractivity (Wildman–Crippen MR) is 49.2 cm³/mol. The van der Waals surface area contributed by atoms with Crippen molar-refractivity contribution in [3.63, 3.8) is 0 Å². The van der Waals surface area contributed by atoms with Gasteiger partial charge in [-0.1, -0.05) is 0 Å². The van der Waals surface area contributed by atoms with Gasteiger partial charge in [-0.3, -0.25) is 0 Å². The van der Waals surface area contributed by atoms with Crippen molar-refractivity contribution >= 4 is 0 Å². The highest BCUT2D eigenvalue weighted by Crippen LogP contribution is 2.13. The molecule has 0 aliphatic heterocycles. The SMILES string of the molecule is NCc1cc(F)ccc1-n1nccn1. The summed E-state index contributed by atoms with van der Waals surface area (Å²) in [6, 6.07) is 4.36. The molecule has 0 aliphatic rings. The molecule has 0 atom stereocenters. The van der Waals surface area contributed by atoms with E-state index in [0.29, 0.717) is 11.3 Å². The third-order valence-electron chi connectivity index (χ3n) is 1.90. The smallest absolute Gasteiger partial charge is 0.123 e. The van der Waals surface area contributed by atoms with Crippen molar-refractivity contribution in [3.8, 4) is 5.69 Å². The lowest BCUT2D eigenvalue weighted by molar-refractivity contribution is 0.622. The quantitative estimate of drug-likeness (QED) is 0.767. The van der Waals surface area contributed by atoms with Gasteiger partial charge in [-0.05, 0) is 23.8 Å². The fourth-order valence-corrected chi connectivity index (χ4v) is 1.25. The second kappa shape index (κ2) is 3.55. The highest BCUT2D eigenvalue weighted by Gasteiger charge is 2.05. The summed E-state index contributed by atoms with van der Waals surface area (Å²) in [7, 11) is 0. The lowest BCUT2D eigenvalue weighted by Crippen LogP contribution is -2.07. The lowest BCUT2D eigenvalue weighted by atomic mass is 10.2. The topological polar surface area (TPSA) is 56.7 Å². The van der Waals surface area contributed by atoms with Crippen molar-refractivity contribution in [3.05, 3.63) is 42.0 Å². The highest BCUT2D eigenvalue weighted by atomic mass is 19.1. The second-order valence-corrected chi connectivity index (χ2v) is 2.80. The summed E-state index contributed by atoms with van der Waals surface area (Å²) < 4.78 is 12.9. The molecule has 0 saturated heterocycles. The maximum absolute atomic E-state index is 12.9. The number of hydrogen-bond donors (Lipinski definition) is 1. The number of halogens is 1. The van der Waals surface area contributed by atoms with Crippen LogP contribution in [-0.4, -0.2) is 15.0 Å². The molecule has 0 radical (unpaired) electrons. The van der Waals surface area contributed by atoms with Gasteiger partial charge in [-0.15, -0.1) is 0 Å². The minimum absolute atomic E-state index is 0.259. The summed E-state index contributed by atoms with van der Waals surface area (Å²) in [5.41, 5.74) is 6.88.